The van der Waals surface area contributed by atoms with Crippen LogP contribution in [0.2, 0.25) is 0 Å². The number of aromatic carboxylic acids is 1. The van der Waals surface area contributed by atoms with E-state index < -0.39 is 27.1 Å². The third-order valence-corrected chi connectivity index (χ3v) is 8.25. The van der Waals surface area contributed by atoms with Crippen LogP contribution in [0, 0.1) is 0 Å². The van der Waals surface area contributed by atoms with E-state index in [0.717, 1.165) is 17.5 Å². The minimum absolute atomic E-state index is 0.0315. The fourth-order valence-electron chi connectivity index (χ4n) is 4.46. The lowest BCUT2D eigenvalue weighted by atomic mass is 9.95. The zero-order valence-corrected chi connectivity index (χ0v) is 22.4. The number of ether oxygens (including phenoxy) is 2. The van der Waals surface area contributed by atoms with Gasteiger partial charge in [0.1, 0.15) is 5.25 Å². The Hall–Kier alpha value is -3.85. The molecule has 9 heteroatoms. The Kier molecular flexibility index (Phi) is 8.06. The number of carboxylic acid groups (broad SMARTS) is 1. The van der Waals surface area contributed by atoms with Crippen LogP contribution < -0.4 is 14.2 Å². The number of sulfonamides is 1. The van der Waals surface area contributed by atoms with E-state index in [1.165, 1.54) is 6.07 Å². The molecule has 0 aliphatic carbocycles. The van der Waals surface area contributed by atoms with E-state index in [1.807, 2.05) is 32.9 Å². The summed E-state index contributed by atoms with van der Waals surface area (Å²) in [7, 11) is -4.24. The van der Waals surface area contributed by atoms with Gasteiger partial charge in [0.2, 0.25) is 16.8 Å². The van der Waals surface area contributed by atoms with Crippen molar-refractivity contribution in [2.45, 2.75) is 51.2 Å². The van der Waals surface area contributed by atoms with Crippen LogP contribution in [0.25, 0.3) is 0 Å². The van der Waals surface area contributed by atoms with Crippen molar-refractivity contribution in [1.29, 1.82) is 0 Å². The quantitative estimate of drug-likeness (QED) is 0.363. The average molecular weight is 538 g/mol. The molecule has 0 radical (unpaired) electrons. The number of amides is 1. The number of fused-ring (bicyclic) bond motifs is 1. The Morgan fingerprint density at radius 3 is 2.21 bits per heavy atom. The summed E-state index contributed by atoms with van der Waals surface area (Å²) >= 11 is 0. The molecule has 1 unspecified atom stereocenters. The molecule has 0 saturated heterocycles. The van der Waals surface area contributed by atoms with Crippen molar-refractivity contribution in [2.24, 2.45) is 0 Å². The number of aryl methyl sites for hydroxylation is 1. The zero-order chi connectivity index (χ0) is 27.4. The van der Waals surface area contributed by atoms with Gasteiger partial charge in [-0.25, -0.2) is 17.9 Å². The highest BCUT2D eigenvalue weighted by atomic mass is 32.2. The Balaban J connectivity index is 1.71. The van der Waals surface area contributed by atoms with Gasteiger partial charge in [0, 0.05) is 5.56 Å². The van der Waals surface area contributed by atoms with E-state index in [0.29, 0.717) is 29.0 Å². The predicted octanol–water partition coefficient (Wildman–Crippen LogP) is 5.23. The second kappa shape index (κ2) is 11.3. The number of benzene rings is 3. The zero-order valence-electron chi connectivity index (χ0n) is 21.6. The Morgan fingerprint density at radius 1 is 0.895 bits per heavy atom. The van der Waals surface area contributed by atoms with Crippen molar-refractivity contribution in [3.8, 4) is 11.5 Å². The topological polar surface area (TPSA) is 119 Å². The first kappa shape index (κ1) is 27.2. The van der Waals surface area contributed by atoms with Gasteiger partial charge in [-0.15, -0.1) is 0 Å². The van der Waals surface area contributed by atoms with Gasteiger partial charge in [-0.05, 0) is 77.4 Å². The molecule has 1 atom stereocenters. The second-order valence-electron chi connectivity index (χ2n) is 9.60. The normalized spacial score (nSPS) is 13.4. The number of hydrogen-bond donors (Lipinski definition) is 2. The average Bonchev–Trinajstić information content (AvgIpc) is 3.35. The van der Waals surface area contributed by atoms with E-state index in [2.05, 4.69) is 4.72 Å². The largest absolute Gasteiger partial charge is 0.478 e. The van der Waals surface area contributed by atoms with E-state index in [1.54, 1.807) is 42.5 Å². The highest BCUT2D eigenvalue weighted by molar-refractivity contribution is 7.90. The van der Waals surface area contributed by atoms with Gasteiger partial charge in [-0.1, -0.05) is 51.5 Å². The fourth-order valence-corrected chi connectivity index (χ4v) is 5.88. The number of rotatable bonds is 10. The molecule has 2 N–H and O–H groups in total. The molecule has 8 nitrogen and oxygen atoms in total. The highest BCUT2D eigenvalue weighted by Gasteiger charge is 2.32. The molecule has 200 valence electrons. The van der Waals surface area contributed by atoms with Crippen LogP contribution in [-0.2, 0) is 22.9 Å². The third-order valence-electron chi connectivity index (χ3n) is 6.60. The van der Waals surface area contributed by atoms with E-state index in [-0.39, 0.29) is 30.3 Å². The van der Waals surface area contributed by atoms with Crippen LogP contribution in [0.3, 0.4) is 0 Å². The molecule has 1 aliphatic heterocycles. The van der Waals surface area contributed by atoms with Gasteiger partial charge in [-0.2, -0.15) is 0 Å². The summed E-state index contributed by atoms with van der Waals surface area (Å²) in [6, 6.07) is 16.4. The molecule has 0 fully saturated rings. The first-order valence-electron chi connectivity index (χ1n) is 12.5. The number of hydrogen-bond acceptors (Lipinski definition) is 6. The maximum Gasteiger partial charge on any atom is 0.335 e. The third kappa shape index (κ3) is 5.99. The van der Waals surface area contributed by atoms with E-state index in [9.17, 15) is 23.1 Å². The molecule has 38 heavy (non-hydrogen) atoms. The second-order valence-corrected chi connectivity index (χ2v) is 11.5. The lowest BCUT2D eigenvalue weighted by molar-refractivity contribution is 0.0696. The Labute approximate surface area is 222 Å². The van der Waals surface area contributed by atoms with Crippen LogP contribution >= 0.6 is 0 Å². The maximum atomic E-state index is 13.7. The molecule has 3 aromatic carbocycles. The van der Waals surface area contributed by atoms with Crippen molar-refractivity contribution in [3.05, 3.63) is 94.0 Å². The van der Waals surface area contributed by atoms with E-state index in [4.69, 9.17) is 9.47 Å². The van der Waals surface area contributed by atoms with Crippen LogP contribution in [-0.4, -0.2) is 32.2 Å². The lowest BCUT2D eigenvalue weighted by Gasteiger charge is -2.21. The molecular weight excluding hydrogens is 506 g/mol. The van der Waals surface area contributed by atoms with Gasteiger partial charge in [0.25, 0.3) is 5.91 Å². The number of carbonyl (C=O) groups excluding carboxylic acids is 1. The summed E-state index contributed by atoms with van der Waals surface area (Å²) < 4.78 is 40.6. The van der Waals surface area contributed by atoms with Crippen molar-refractivity contribution < 1.29 is 32.6 Å². The summed E-state index contributed by atoms with van der Waals surface area (Å²) in [4.78, 5) is 24.5. The van der Waals surface area contributed by atoms with Crippen molar-refractivity contribution in [3.63, 3.8) is 0 Å². The first-order valence-corrected chi connectivity index (χ1v) is 14.0. The first-order chi connectivity index (χ1) is 18.1. The fraction of sp³-hybridized carbons (Fsp3) is 0.310. The number of carbonyl (C=O) groups is 2. The Morgan fingerprint density at radius 2 is 1.55 bits per heavy atom. The maximum absolute atomic E-state index is 13.7. The van der Waals surface area contributed by atoms with Gasteiger partial charge >= 0.3 is 5.97 Å². The molecule has 3 aromatic rings. The van der Waals surface area contributed by atoms with Gasteiger partial charge in [0.15, 0.2) is 11.5 Å². The summed E-state index contributed by atoms with van der Waals surface area (Å²) in [6.07, 6.45) is 1.36. The molecule has 0 saturated carbocycles. The van der Waals surface area contributed by atoms with Gasteiger partial charge in [0.05, 0.1) is 5.56 Å². The smallest absolute Gasteiger partial charge is 0.335 e. The van der Waals surface area contributed by atoms with Crippen molar-refractivity contribution in [2.75, 3.05) is 6.79 Å². The number of nitrogens with one attached hydrogen (secondary N) is 1. The molecule has 0 bridgehead atoms. The molecule has 0 spiro atoms. The minimum Gasteiger partial charge on any atom is -0.478 e. The number of carboxylic acids is 1. The van der Waals surface area contributed by atoms with Crippen LogP contribution in [0.15, 0.2) is 60.7 Å². The summed E-state index contributed by atoms with van der Waals surface area (Å²) in [5, 5.41) is 8.28. The lowest BCUT2D eigenvalue weighted by Crippen LogP contribution is -2.35. The standard InChI is InChI=1S/C29H31NO7S/c1-4-5-21-14-24(29(32)33)11-10-22(21)16-27(23-12-13-25-26(15-23)37-17-36-25)38(34,35)30-28(31)20-8-6-19(7-9-20)18(2)3/h6-15,18,27H,4-5,16-17H2,1-3H3,(H,30,31)(H,32,33). The highest BCUT2D eigenvalue weighted by Crippen LogP contribution is 2.37. The summed E-state index contributed by atoms with van der Waals surface area (Å²) in [5.74, 6) is -0.563. The van der Waals surface area contributed by atoms with Gasteiger partial charge < -0.3 is 14.6 Å². The van der Waals surface area contributed by atoms with Gasteiger partial charge in [-0.3, -0.25) is 4.79 Å². The van der Waals surface area contributed by atoms with Crippen LogP contribution in [0.1, 0.15) is 81.3 Å². The summed E-state index contributed by atoms with van der Waals surface area (Å²) in [6.45, 7) is 6.07. The minimum atomic E-state index is -4.24. The van der Waals surface area contributed by atoms with E-state index >= 15 is 0 Å². The molecular formula is C29H31NO7S. The van der Waals surface area contributed by atoms with Crippen molar-refractivity contribution >= 4 is 21.9 Å². The molecule has 0 aromatic heterocycles. The predicted molar refractivity (Wildman–Crippen MR) is 143 cm³/mol. The molecule has 4 rings (SSSR count). The molecule has 1 amide bonds. The molecule has 1 aliphatic rings. The summed E-state index contributed by atoms with van der Waals surface area (Å²) in [5.41, 5.74) is 3.28. The van der Waals surface area contributed by atoms with Crippen molar-refractivity contribution in [1.82, 2.24) is 4.72 Å². The molecule has 1 heterocycles. The monoisotopic (exact) mass is 537 g/mol. The Bertz CT molecular complexity index is 1450. The SMILES string of the molecule is CCCc1cc(C(=O)O)ccc1CC(c1ccc2c(c1)OCO2)S(=O)(=O)NC(=O)c1ccc(C(C)C)cc1. The van der Waals surface area contributed by atoms with Crippen LogP contribution in [0.5, 0.6) is 11.5 Å². The van der Waals surface area contributed by atoms with Crippen LogP contribution in [0.4, 0.5) is 0 Å².